The number of aliphatic carboxylic acids is 1. The molecule has 0 radical (unpaired) electrons. The van der Waals surface area contributed by atoms with Crippen LogP contribution in [-0.4, -0.2) is 11.1 Å². The van der Waals surface area contributed by atoms with Crippen molar-refractivity contribution in [2.75, 3.05) is 0 Å². The second-order valence-electron chi connectivity index (χ2n) is 4.68. The van der Waals surface area contributed by atoms with Crippen molar-refractivity contribution in [1.29, 1.82) is 0 Å². The maximum Gasteiger partial charge on any atom is 0.309 e. The van der Waals surface area contributed by atoms with E-state index in [1.807, 2.05) is 6.08 Å². The third-order valence-corrected chi connectivity index (χ3v) is 3.58. The predicted molar refractivity (Wildman–Crippen MR) is 61.8 cm³/mol. The molecule has 0 amide bonds. The highest BCUT2D eigenvalue weighted by molar-refractivity contribution is 5.74. The van der Waals surface area contributed by atoms with E-state index in [0.717, 1.165) is 57.8 Å². The second-order valence-corrected chi connectivity index (χ2v) is 4.68. The molecule has 1 N–H and O–H groups in total. The smallest absolute Gasteiger partial charge is 0.309 e. The Hall–Kier alpha value is -0.790. The summed E-state index contributed by atoms with van der Waals surface area (Å²) in [6.45, 7) is 3.68. The number of hydrogen-bond acceptors (Lipinski definition) is 1. The Labute approximate surface area is 92.4 Å². The molecule has 1 aliphatic carbocycles. The van der Waals surface area contributed by atoms with Crippen LogP contribution in [0, 0.1) is 5.41 Å². The summed E-state index contributed by atoms with van der Waals surface area (Å²) in [7, 11) is 0. The minimum atomic E-state index is -0.566. The van der Waals surface area contributed by atoms with Gasteiger partial charge in [-0.3, -0.25) is 4.79 Å². The fraction of sp³-hybridized carbons (Fsp3) is 0.769. The molecule has 86 valence electrons. The molecule has 0 bridgehead atoms. The van der Waals surface area contributed by atoms with E-state index in [0.29, 0.717) is 0 Å². The minimum absolute atomic E-state index is 0.367. The molecule has 0 aromatic carbocycles. The Morgan fingerprint density at radius 3 is 2.47 bits per heavy atom. The summed E-state index contributed by atoms with van der Waals surface area (Å²) < 4.78 is 0. The second kappa shape index (κ2) is 5.94. The van der Waals surface area contributed by atoms with E-state index in [-0.39, 0.29) is 5.41 Å². The zero-order valence-electron chi connectivity index (χ0n) is 9.50. The van der Waals surface area contributed by atoms with E-state index in [1.165, 1.54) is 0 Å². The predicted octanol–water partition coefficient (Wildman–Crippen LogP) is 3.77. The first-order valence-corrected chi connectivity index (χ1v) is 6.05. The van der Waals surface area contributed by atoms with Gasteiger partial charge in [-0.2, -0.15) is 0 Å². The molecule has 0 unspecified atom stereocenters. The number of unbranched alkanes of at least 4 members (excludes halogenated alkanes) is 3. The molecule has 0 saturated heterocycles. The maximum absolute atomic E-state index is 11.2. The molecular formula is C13H22O2. The van der Waals surface area contributed by atoms with Gasteiger partial charge in [0.2, 0.25) is 0 Å². The normalized spacial score (nSPS) is 18.9. The lowest BCUT2D eigenvalue weighted by Crippen LogP contribution is -2.27. The van der Waals surface area contributed by atoms with Crippen LogP contribution in [0.1, 0.15) is 57.8 Å². The number of carboxylic acids is 1. The quantitative estimate of drug-likeness (QED) is 0.513. The lowest BCUT2D eigenvalue weighted by Gasteiger charge is -2.23. The fourth-order valence-corrected chi connectivity index (χ4v) is 2.55. The van der Waals surface area contributed by atoms with Crippen LogP contribution < -0.4 is 0 Å². The highest BCUT2D eigenvalue weighted by atomic mass is 16.4. The molecular weight excluding hydrogens is 188 g/mol. The van der Waals surface area contributed by atoms with Crippen molar-refractivity contribution in [2.24, 2.45) is 5.41 Å². The van der Waals surface area contributed by atoms with Gasteiger partial charge in [-0.25, -0.2) is 0 Å². The van der Waals surface area contributed by atoms with Gasteiger partial charge in [-0.1, -0.05) is 31.8 Å². The highest BCUT2D eigenvalue weighted by Gasteiger charge is 2.40. The third kappa shape index (κ3) is 3.37. The average molecular weight is 210 g/mol. The monoisotopic (exact) mass is 210 g/mol. The topological polar surface area (TPSA) is 37.3 Å². The number of allylic oxidation sites excluding steroid dienone is 1. The lowest BCUT2D eigenvalue weighted by atomic mass is 9.81. The Morgan fingerprint density at radius 1 is 1.27 bits per heavy atom. The summed E-state index contributed by atoms with van der Waals surface area (Å²) in [5, 5.41) is 9.25. The molecule has 15 heavy (non-hydrogen) atoms. The zero-order chi connectivity index (χ0) is 11.1. The van der Waals surface area contributed by atoms with Crippen LogP contribution in [0.2, 0.25) is 0 Å². The largest absolute Gasteiger partial charge is 0.481 e. The number of hydrogen-bond donors (Lipinski definition) is 1. The molecule has 2 heteroatoms. The SMILES string of the molecule is C=CCCCCCC1(C(=O)O)CCCC1. The molecule has 0 aliphatic heterocycles. The van der Waals surface area contributed by atoms with Crippen LogP contribution in [0.15, 0.2) is 12.7 Å². The van der Waals surface area contributed by atoms with Crippen molar-refractivity contribution < 1.29 is 9.90 Å². The van der Waals surface area contributed by atoms with Gasteiger partial charge in [0.1, 0.15) is 0 Å². The van der Waals surface area contributed by atoms with Crippen LogP contribution in [0.5, 0.6) is 0 Å². The van der Waals surface area contributed by atoms with E-state index in [2.05, 4.69) is 6.58 Å². The number of rotatable bonds is 7. The molecule has 0 aromatic rings. The van der Waals surface area contributed by atoms with Crippen molar-refractivity contribution in [2.45, 2.75) is 57.8 Å². The first-order chi connectivity index (χ1) is 7.21. The summed E-state index contributed by atoms with van der Waals surface area (Å²) in [5.74, 6) is -0.566. The van der Waals surface area contributed by atoms with Gasteiger partial charge in [-0.05, 0) is 32.1 Å². The highest BCUT2D eigenvalue weighted by Crippen LogP contribution is 2.42. The Kier molecular flexibility index (Phi) is 4.86. The minimum Gasteiger partial charge on any atom is -0.481 e. The van der Waals surface area contributed by atoms with E-state index >= 15 is 0 Å². The first-order valence-electron chi connectivity index (χ1n) is 6.05. The summed E-state index contributed by atoms with van der Waals surface area (Å²) in [6.07, 6.45) is 11.2. The molecule has 0 heterocycles. The third-order valence-electron chi connectivity index (χ3n) is 3.58. The van der Waals surface area contributed by atoms with Crippen LogP contribution in [-0.2, 0) is 4.79 Å². The van der Waals surface area contributed by atoms with Crippen LogP contribution in [0.4, 0.5) is 0 Å². The zero-order valence-corrected chi connectivity index (χ0v) is 9.50. The molecule has 0 spiro atoms. The number of carbonyl (C=O) groups is 1. The van der Waals surface area contributed by atoms with Crippen LogP contribution in [0.25, 0.3) is 0 Å². The van der Waals surface area contributed by atoms with Gasteiger partial charge in [0.15, 0.2) is 0 Å². The molecule has 1 fully saturated rings. The van der Waals surface area contributed by atoms with Gasteiger partial charge in [0.05, 0.1) is 5.41 Å². The van der Waals surface area contributed by atoms with Crippen molar-refractivity contribution in [3.05, 3.63) is 12.7 Å². The molecule has 1 rings (SSSR count). The van der Waals surface area contributed by atoms with E-state index < -0.39 is 5.97 Å². The van der Waals surface area contributed by atoms with E-state index in [4.69, 9.17) is 0 Å². The van der Waals surface area contributed by atoms with Crippen LogP contribution in [0.3, 0.4) is 0 Å². The van der Waals surface area contributed by atoms with Gasteiger partial charge < -0.3 is 5.11 Å². The van der Waals surface area contributed by atoms with E-state index in [1.54, 1.807) is 0 Å². The van der Waals surface area contributed by atoms with Gasteiger partial charge in [-0.15, -0.1) is 6.58 Å². The average Bonchev–Trinajstić information content (AvgIpc) is 2.67. The Balaban J connectivity index is 2.27. The van der Waals surface area contributed by atoms with Gasteiger partial charge in [0, 0.05) is 0 Å². The standard InChI is InChI=1S/C13H22O2/c1-2-3-4-5-6-9-13(12(14)15)10-7-8-11-13/h2H,1,3-11H2,(H,14,15). The Bertz CT molecular complexity index is 215. The van der Waals surface area contributed by atoms with Crippen molar-refractivity contribution in [1.82, 2.24) is 0 Å². The summed E-state index contributed by atoms with van der Waals surface area (Å²) >= 11 is 0. The van der Waals surface area contributed by atoms with Gasteiger partial charge >= 0.3 is 5.97 Å². The molecule has 0 atom stereocenters. The summed E-state index contributed by atoms with van der Waals surface area (Å²) in [6, 6.07) is 0. The summed E-state index contributed by atoms with van der Waals surface area (Å²) in [4.78, 5) is 11.2. The molecule has 0 aromatic heterocycles. The van der Waals surface area contributed by atoms with E-state index in [9.17, 15) is 9.90 Å². The fourth-order valence-electron chi connectivity index (χ4n) is 2.55. The van der Waals surface area contributed by atoms with Crippen molar-refractivity contribution in [3.8, 4) is 0 Å². The summed E-state index contributed by atoms with van der Waals surface area (Å²) in [5.41, 5.74) is -0.367. The number of carboxylic acid groups (broad SMARTS) is 1. The molecule has 1 saturated carbocycles. The maximum atomic E-state index is 11.2. The lowest BCUT2D eigenvalue weighted by molar-refractivity contribution is -0.149. The molecule has 1 aliphatic rings. The van der Waals surface area contributed by atoms with Crippen LogP contribution >= 0.6 is 0 Å². The van der Waals surface area contributed by atoms with Crippen molar-refractivity contribution in [3.63, 3.8) is 0 Å². The molecule has 2 nitrogen and oxygen atoms in total. The van der Waals surface area contributed by atoms with Gasteiger partial charge in [0.25, 0.3) is 0 Å². The first kappa shape index (κ1) is 12.3. The van der Waals surface area contributed by atoms with Crippen molar-refractivity contribution >= 4 is 5.97 Å². The Morgan fingerprint density at radius 2 is 1.93 bits per heavy atom.